The lowest BCUT2D eigenvalue weighted by Gasteiger charge is -2.10. The fraction of sp³-hybridized carbons (Fsp3) is 0.417. The zero-order valence-corrected chi connectivity index (χ0v) is 11.3. The summed E-state index contributed by atoms with van der Waals surface area (Å²) in [6.07, 6.45) is 3.98. The molecule has 5 heteroatoms. The van der Waals surface area contributed by atoms with E-state index in [-0.39, 0.29) is 5.03 Å². The Kier molecular flexibility index (Phi) is 2.73. The average molecular weight is 252 g/mol. The lowest BCUT2D eigenvalue weighted by atomic mass is 10.2. The van der Waals surface area contributed by atoms with Gasteiger partial charge in [-0.15, -0.1) is 0 Å². The Hall–Kier alpha value is -1.36. The summed E-state index contributed by atoms with van der Waals surface area (Å²) in [4.78, 5) is 4.25. The van der Waals surface area contributed by atoms with E-state index in [0.29, 0.717) is 5.52 Å². The van der Waals surface area contributed by atoms with Gasteiger partial charge in [0, 0.05) is 18.1 Å². The number of sulfone groups is 1. The second kappa shape index (κ2) is 3.84. The molecule has 0 bridgehead atoms. The summed E-state index contributed by atoms with van der Waals surface area (Å²) in [5, 5.41) is 0.167. The first-order valence-corrected chi connectivity index (χ1v) is 7.42. The largest absolute Gasteiger partial charge is 0.316 e. The third kappa shape index (κ3) is 1.95. The topological polar surface area (TPSA) is 51.4 Å². The Morgan fingerprint density at radius 2 is 2.00 bits per heavy atom. The first kappa shape index (κ1) is 12.1. The van der Waals surface area contributed by atoms with Crippen LogP contribution in [0.3, 0.4) is 0 Å². The number of fused-ring (bicyclic) bond motifs is 1. The van der Waals surface area contributed by atoms with E-state index in [1.807, 2.05) is 37.4 Å². The van der Waals surface area contributed by atoms with Crippen molar-refractivity contribution >= 4 is 15.4 Å². The van der Waals surface area contributed by atoms with Gasteiger partial charge < -0.3 is 4.40 Å². The molecule has 2 rings (SSSR count). The molecular formula is C12H16N2O2S. The molecule has 0 unspecified atom stereocenters. The first-order chi connectivity index (χ1) is 7.84. The molecule has 2 aromatic heterocycles. The number of aromatic nitrogens is 2. The maximum Gasteiger partial charge on any atom is 0.194 e. The molecule has 0 aromatic carbocycles. The second-order valence-corrected chi connectivity index (χ2v) is 6.28. The van der Waals surface area contributed by atoms with Crippen molar-refractivity contribution in [1.29, 1.82) is 0 Å². The Morgan fingerprint density at radius 3 is 2.53 bits per heavy atom. The van der Waals surface area contributed by atoms with Gasteiger partial charge in [-0.05, 0) is 31.9 Å². The van der Waals surface area contributed by atoms with E-state index in [0.717, 1.165) is 23.4 Å². The third-order valence-electron chi connectivity index (χ3n) is 2.84. The zero-order valence-electron chi connectivity index (χ0n) is 10.5. The maximum atomic E-state index is 11.7. The van der Waals surface area contributed by atoms with E-state index >= 15 is 0 Å². The van der Waals surface area contributed by atoms with Crippen LogP contribution in [-0.2, 0) is 16.3 Å². The molecule has 0 spiro atoms. The van der Waals surface area contributed by atoms with Crippen LogP contribution in [0.15, 0.2) is 17.3 Å². The van der Waals surface area contributed by atoms with Gasteiger partial charge in [-0.3, -0.25) is 0 Å². The Bertz CT molecular complexity index is 684. The van der Waals surface area contributed by atoms with Gasteiger partial charge in [0.25, 0.3) is 0 Å². The molecule has 0 aliphatic rings. The normalized spacial score (nSPS) is 12.2. The van der Waals surface area contributed by atoms with Crippen molar-refractivity contribution in [3.63, 3.8) is 0 Å². The molecule has 0 aliphatic carbocycles. The molecule has 0 N–H and O–H groups in total. The Morgan fingerprint density at radius 1 is 1.35 bits per heavy atom. The first-order valence-electron chi connectivity index (χ1n) is 5.53. The molecular weight excluding hydrogens is 236 g/mol. The highest BCUT2D eigenvalue weighted by Gasteiger charge is 2.18. The van der Waals surface area contributed by atoms with Crippen LogP contribution < -0.4 is 0 Å². The highest BCUT2D eigenvalue weighted by atomic mass is 32.2. The molecule has 0 fully saturated rings. The molecule has 92 valence electrons. The predicted molar refractivity (Wildman–Crippen MR) is 67.2 cm³/mol. The summed E-state index contributed by atoms with van der Waals surface area (Å²) < 4.78 is 25.4. The lowest BCUT2D eigenvalue weighted by Crippen LogP contribution is -2.09. The minimum Gasteiger partial charge on any atom is -0.316 e. The second-order valence-electron chi connectivity index (χ2n) is 4.35. The van der Waals surface area contributed by atoms with Crippen molar-refractivity contribution in [3.8, 4) is 0 Å². The van der Waals surface area contributed by atoms with Crippen LogP contribution >= 0.6 is 0 Å². The summed E-state index contributed by atoms with van der Waals surface area (Å²) in [7, 11) is -3.30. The highest BCUT2D eigenvalue weighted by molar-refractivity contribution is 7.90. The van der Waals surface area contributed by atoms with Crippen molar-refractivity contribution in [3.05, 3.63) is 29.2 Å². The van der Waals surface area contributed by atoms with E-state index in [9.17, 15) is 8.42 Å². The van der Waals surface area contributed by atoms with Gasteiger partial charge in [0.05, 0.1) is 11.2 Å². The summed E-state index contributed by atoms with van der Waals surface area (Å²) in [5.74, 6) is 0. The van der Waals surface area contributed by atoms with Gasteiger partial charge in [0.15, 0.2) is 14.9 Å². The SMILES string of the molecule is CCc1c(C)nc(S(C)(=O)=O)c2cc(C)cn12. The van der Waals surface area contributed by atoms with Gasteiger partial charge in [-0.2, -0.15) is 0 Å². The molecule has 17 heavy (non-hydrogen) atoms. The summed E-state index contributed by atoms with van der Waals surface area (Å²) in [5.41, 5.74) is 3.54. The van der Waals surface area contributed by atoms with Gasteiger partial charge >= 0.3 is 0 Å². The summed E-state index contributed by atoms with van der Waals surface area (Å²) in [6, 6.07) is 1.86. The number of rotatable bonds is 2. The smallest absolute Gasteiger partial charge is 0.194 e. The fourth-order valence-corrected chi connectivity index (χ4v) is 2.97. The van der Waals surface area contributed by atoms with E-state index in [1.54, 1.807) is 0 Å². The molecule has 0 amide bonds. The van der Waals surface area contributed by atoms with Gasteiger partial charge in [0.2, 0.25) is 0 Å². The number of nitrogens with zero attached hydrogens (tertiary/aromatic N) is 2. The quantitative estimate of drug-likeness (QED) is 0.820. The maximum absolute atomic E-state index is 11.7. The monoisotopic (exact) mass is 252 g/mol. The van der Waals surface area contributed by atoms with Gasteiger partial charge in [-0.25, -0.2) is 13.4 Å². The predicted octanol–water partition coefficient (Wildman–Crippen LogP) is 1.92. The van der Waals surface area contributed by atoms with Crippen LogP contribution in [0.4, 0.5) is 0 Å². The van der Waals surface area contributed by atoms with E-state index in [2.05, 4.69) is 4.98 Å². The number of hydrogen-bond acceptors (Lipinski definition) is 3. The molecule has 4 nitrogen and oxygen atoms in total. The Labute approximate surface area is 101 Å². The molecule has 0 atom stereocenters. The van der Waals surface area contributed by atoms with Crippen LogP contribution in [0.5, 0.6) is 0 Å². The number of aryl methyl sites for hydroxylation is 3. The van der Waals surface area contributed by atoms with E-state index < -0.39 is 9.84 Å². The molecule has 0 radical (unpaired) electrons. The summed E-state index contributed by atoms with van der Waals surface area (Å²) >= 11 is 0. The fourth-order valence-electron chi connectivity index (χ4n) is 2.13. The van der Waals surface area contributed by atoms with Crippen molar-refractivity contribution in [2.24, 2.45) is 0 Å². The van der Waals surface area contributed by atoms with E-state index in [4.69, 9.17) is 0 Å². The van der Waals surface area contributed by atoms with E-state index in [1.165, 1.54) is 6.26 Å². The lowest BCUT2D eigenvalue weighted by molar-refractivity contribution is 0.598. The molecule has 0 aliphatic heterocycles. The number of hydrogen-bond donors (Lipinski definition) is 0. The average Bonchev–Trinajstić information content (AvgIpc) is 2.56. The van der Waals surface area contributed by atoms with Crippen molar-refractivity contribution < 1.29 is 8.42 Å². The standard InChI is InChI=1S/C12H16N2O2S/c1-5-10-9(3)13-12(17(4,15)16)11-6-8(2)7-14(10)11/h6-7H,5H2,1-4H3. The molecule has 2 heterocycles. The summed E-state index contributed by atoms with van der Waals surface area (Å²) in [6.45, 7) is 5.84. The van der Waals surface area contributed by atoms with Crippen LogP contribution in [-0.4, -0.2) is 24.1 Å². The van der Waals surface area contributed by atoms with Crippen molar-refractivity contribution in [2.45, 2.75) is 32.2 Å². The molecule has 0 saturated carbocycles. The van der Waals surface area contributed by atoms with Gasteiger partial charge in [0.1, 0.15) is 0 Å². The van der Waals surface area contributed by atoms with Crippen molar-refractivity contribution in [1.82, 2.24) is 9.38 Å². The zero-order chi connectivity index (χ0) is 12.8. The minimum atomic E-state index is -3.30. The highest BCUT2D eigenvalue weighted by Crippen LogP contribution is 2.21. The van der Waals surface area contributed by atoms with Crippen molar-refractivity contribution in [2.75, 3.05) is 6.26 Å². The van der Waals surface area contributed by atoms with Crippen LogP contribution in [0.2, 0.25) is 0 Å². The van der Waals surface area contributed by atoms with Crippen LogP contribution in [0.1, 0.15) is 23.9 Å². The van der Waals surface area contributed by atoms with Crippen LogP contribution in [0.25, 0.3) is 5.52 Å². The third-order valence-corrected chi connectivity index (χ3v) is 3.84. The van der Waals surface area contributed by atoms with Gasteiger partial charge in [-0.1, -0.05) is 6.92 Å². The molecule has 2 aromatic rings. The Balaban J connectivity index is 2.98. The minimum absolute atomic E-state index is 0.167. The van der Waals surface area contributed by atoms with Crippen LogP contribution in [0, 0.1) is 13.8 Å². The molecule has 0 saturated heterocycles.